The minimum absolute atomic E-state index is 0. The summed E-state index contributed by atoms with van der Waals surface area (Å²) in [6.45, 7) is 0.775. The summed E-state index contributed by atoms with van der Waals surface area (Å²) in [5.74, 6) is -0.630. The summed E-state index contributed by atoms with van der Waals surface area (Å²) in [7, 11) is 0. The molecule has 0 saturated heterocycles. The molecule has 0 fully saturated rings. The van der Waals surface area contributed by atoms with Crippen LogP contribution < -0.4 is 39.4 Å². The Morgan fingerprint density at radius 2 is 1.92 bits per heavy atom. The third-order valence-corrected chi connectivity index (χ3v) is 3.68. The zero-order valence-electron chi connectivity index (χ0n) is 13.7. The van der Waals surface area contributed by atoms with Crippen molar-refractivity contribution in [1.82, 2.24) is 9.78 Å². The average molecular weight is 365 g/mol. The van der Waals surface area contributed by atoms with E-state index in [0.29, 0.717) is 23.9 Å². The topological polar surface area (TPSA) is 67.2 Å². The SMILES string of the molecule is O=C([O-])c1ccn(Cc2cc(Cl)ccc2OCc2ccccc2)n1.[Na+]. The minimum Gasteiger partial charge on any atom is -0.543 e. The van der Waals surface area contributed by atoms with E-state index in [1.165, 1.54) is 10.7 Å². The van der Waals surface area contributed by atoms with Crippen LogP contribution in [0.3, 0.4) is 0 Å². The molecule has 0 radical (unpaired) electrons. The van der Waals surface area contributed by atoms with Gasteiger partial charge in [0, 0.05) is 16.8 Å². The molecule has 25 heavy (non-hydrogen) atoms. The molecule has 0 saturated carbocycles. The number of carboxylic acids is 1. The fourth-order valence-corrected chi connectivity index (χ4v) is 2.48. The van der Waals surface area contributed by atoms with E-state index in [0.717, 1.165) is 11.1 Å². The van der Waals surface area contributed by atoms with Crippen LogP contribution in [-0.4, -0.2) is 15.7 Å². The van der Waals surface area contributed by atoms with Gasteiger partial charge in [-0.3, -0.25) is 4.68 Å². The van der Waals surface area contributed by atoms with Crippen molar-refractivity contribution < 1.29 is 44.2 Å². The molecule has 1 heterocycles. The second kappa shape index (κ2) is 9.06. The molecule has 3 aromatic rings. The number of ether oxygens (including phenoxy) is 1. The van der Waals surface area contributed by atoms with Crippen molar-refractivity contribution >= 4 is 17.6 Å². The maximum Gasteiger partial charge on any atom is 1.00 e. The Balaban J connectivity index is 0.00000225. The molecule has 122 valence electrons. The predicted octanol–water partition coefficient (Wildman–Crippen LogP) is -0.469. The van der Waals surface area contributed by atoms with E-state index in [1.807, 2.05) is 30.3 Å². The molecule has 1 aromatic heterocycles. The summed E-state index contributed by atoms with van der Waals surface area (Å²) in [4.78, 5) is 10.8. The standard InChI is InChI=1S/C18H15ClN2O3.Na/c19-15-6-7-17(24-12-13-4-2-1-3-5-13)14(10-15)11-21-9-8-16(20-21)18(22)23;/h1-10H,11-12H2,(H,22,23);/q;+1/p-1. The number of carbonyl (C=O) groups is 1. The van der Waals surface area contributed by atoms with Gasteiger partial charge in [0.15, 0.2) is 0 Å². The van der Waals surface area contributed by atoms with Gasteiger partial charge in [-0.25, -0.2) is 0 Å². The van der Waals surface area contributed by atoms with Gasteiger partial charge in [0.25, 0.3) is 0 Å². The van der Waals surface area contributed by atoms with Gasteiger partial charge < -0.3 is 14.6 Å². The largest absolute Gasteiger partial charge is 1.00 e. The van der Waals surface area contributed by atoms with Crippen molar-refractivity contribution in [3.8, 4) is 5.75 Å². The molecule has 0 atom stereocenters. The summed E-state index contributed by atoms with van der Waals surface area (Å²) >= 11 is 6.07. The van der Waals surface area contributed by atoms with Crippen molar-refractivity contribution in [3.63, 3.8) is 0 Å². The van der Waals surface area contributed by atoms with Crippen LogP contribution in [-0.2, 0) is 13.2 Å². The molecular weight excluding hydrogens is 351 g/mol. The van der Waals surface area contributed by atoms with E-state index in [2.05, 4.69) is 5.10 Å². The molecule has 0 aliphatic carbocycles. The summed E-state index contributed by atoms with van der Waals surface area (Å²) in [5.41, 5.74) is 1.76. The minimum atomic E-state index is -1.31. The van der Waals surface area contributed by atoms with Crippen LogP contribution in [0.1, 0.15) is 21.6 Å². The fraction of sp³-hybridized carbons (Fsp3) is 0.111. The van der Waals surface area contributed by atoms with E-state index in [9.17, 15) is 9.90 Å². The van der Waals surface area contributed by atoms with Crippen molar-refractivity contribution in [2.45, 2.75) is 13.2 Å². The van der Waals surface area contributed by atoms with Crippen molar-refractivity contribution in [2.75, 3.05) is 0 Å². The number of aromatic nitrogens is 2. The molecule has 0 unspecified atom stereocenters. The second-order valence-corrected chi connectivity index (χ2v) is 5.65. The van der Waals surface area contributed by atoms with Crippen LogP contribution in [0.5, 0.6) is 5.75 Å². The van der Waals surface area contributed by atoms with Gasteiger partial charge in [0.05, 0.1) is 12.5 Å². The van der Waals surface area contributed by atoms with E-state index in [4.69, 9.17) is 16.3 Å². The monoisotopic (exact) mass is 364 g/mol. The Kier molecular flexibility index (Phi) is 7.08. The van der Waals surface area contributed by atoms with Crippen LogP contribution >= 0.6 is 11.6 Å². The molecular formula is C18H14ClN2NaO3. The molecule has 3 rings (SSSR count). The molecule has 0 bridgehead atoms. The fourth-order valence-electron chi connectivity index (χ4n) is 2.28. The Morgan fingerprint density at radius 1 is 1.16 bits per heavy atom. The number of carbonyl (C=O) groups excluding carboxylic acids is 1. The van der Waals surface area contributed by atoms with Crippen LogP contribution in [0.25, 0.3) is 0 Å². The molecule has 7 heteroatoms. The number of rotatable bonds is 6. The normalized spacial score (nSPS) is 10.1. The Morgan fingerprint density at radius 3 is 2.60 bits per heavy atom. The molecule has 0 amide bonds. The first-order valence-electron chi connectivity index (χ1n) is 7.32. The number of hydrogen-bond acceptors (Lipinski definition) is 4. The zero-order chi connectivity index (χ0) is 16.9. The Labute approximate surface area is 172 Å². The van der Waals surface area contributed by atoms with E-state index < -0.39 is 5.97 Å². The number of hydrogen-bond donors (Lipinski definition) is 0. The number of halogens is 1. The quantitative estimate of drug-likeness (QED) is 0.555. The van der Waals surface area contributed by atoms with Crippen LogP contribution in [0, 0.1) is 0 Å². The van der Waals surface area contributed by atoms with Crippen LogP contribution in [0.15, 0.2) is 60.8 Å². The van der Waals surface area contributed by atoms with Gasteiger partial charge in [-0.1, -0.05) is 41.9 Å². The van der Waals surface area contributed by atoms with Crippen molar-refractivity contribution in [2.24, 2.45) is 0 Å². The first-order chi connectivity index (χ1) is 11.6. The first kappa shape index (κ1) is 19.5. The number of benzene rings is 2. The summed E-state index contributed by atoms with van der Waals surface area (Å²) in [5, 5.41) is 15.3. The van der Waals surface area contributed by atoms with Gasteiger partial charge in [-0.2, -0.15) is 5.10 Å². The summed E-state index contributed by atoms with van der Waals surface area (Å²) in [6, 6.07) is 16.5. The van der Waals surface area contributed by atoms with Crippen molar-refractivity contribution in [1.29, 1.82) is 0 Å². The molecule has 0 aliphatic heterocycles. The second-order valence-electron chi connectivity index (χ2n) is 5.21. The Hall–Kier alpha value is -1.79. The van der Waals surface area contributed by atoms with Gasteiger partial charge in [0.2, 0.25) is 0 Å². The molecule has 0 spiro atoms. The zero-order valence-corrected chi connectivity index (χ0v) is 16.4. The predicted molar refractivity (Wildman–Crippen MR) is 87.9 cm³/mol. The van der Waals surface area contributed by atoms with E-state index in [-0.39, 0.29) is 35.3 Å². The molecule has 2 aromatic carbocycles. The maximum atomic E-state index is 10.8. The number of aromatic carboxylic acids is 1. The summed E-state index contributed by atoms with van der Waals surface area (Å²) < 4.78 is 7.38. The maximum absolute atomic E-state index is 10.8. The van der Waals surface area contributed by atoms with Gasteiger partial charge >= 0.3 is 29.6 Å². The number of carboxylic acid groups (broad SMARTS) is 1. The molecule has 5 nitrogen and oxygen atoms in total. The number of nitrogens with zero attached hydrogens (tertiary/aromatic N) is 2. The third-order valence-electron chi connectivity index (χ3n) is 3.44. The summed E-state index contributed by atoms with van der Waals surface area (Å²) in [6.07, 6.45) is 1.58. The van der Waals surface area contributed by atoms with Gasteiger partial charge in [0.1, 0.15) is 18.1 Å². The Bertz CT molecular complexity index is 853. The van der Waals surface area contributed by atoms with Gasteiger partial charge in [-0.15, -0.1) is 0 Å². The van der Waals surface area contributed by atoms with Gasteiger partial charge in [-0.05, 0) is 29.8 Å². The molecule has 0 N–H and O–H groups in total. The van der Waals surface area contributed by atoms with Crippen LogP contribution in [0.2, 0.25) is 5.02 Å². The first-order valence-corrected chi connectivity index (χ1v) is 7.69. The third kappa shape index (κ3) is 5.34. The smallest absolute Gasteiger partial charge is 0.543 e. The van der Waals surface area contributed by atoms with Crippen LogP contribution in [0.4, 0.5) is 0 Å². The van der Waals surface area contributed by atoms with Crippen molar-refractivity contribution in [3.05, 3.63) is 82.6 Å². The average Bonchev–Trinajstić information content (AvgIpc) is 3.04. The van der Waals surface area contributed by atoms with E-state index >= 15 is 0 Å². The molecule has 0 aliphatic rings. The van der Waals surface area contributed by atoms with E-state index in [1.54, 1.807) is 24.4 Å².